The second kappa shape index (κ2) is 5.28. The first-order chi connectivity index (χ1) is 7.00. The van der Waals surface area contributed by atoms with E-state index in [4.69, 9.17) is 11.6 Å². The van der Waals surface area contributed by atoms with Crippen LogP contribution < -0.4 is 5.32 Å². The van der Waals surface area contributed by atoms with E-state index in [0.717, 1.165) is 0 Å². The van der Waals surface area contributed by atoms with E-state index in [1.54, 1.807) is 18.2 Å². The smallest absolute Gasteiger partial charge is 0.252 e. The van der Waals surface area contributed by atoms with Crippen molar-refractivity contribution < 1.29 is 9.59 Å². The molecule has 0 heterocycles. The van der Waals surface area contributed by atoms with E-state index in [-0.39, 0.29) is 18.2 Å². The van der Waals surface area contributed by atoms with Gasteiger partial charge in [-0.1, -0.05) is 11.6 Å². The van der Waals surface area contributed by atoms with Crippen molar-refractivity contribution in [1.29, 1.82) is 0 Å². The Balaban J connectivity index is 2.81. The number of rotatable bonds is 3. The molecule has 0 aliphatic carbocycles. The molecule has 0 atom stereocenters. The lowest BCUT2D eigenvalue weighted by atomic mass is 10.2. The zero-order valence-electron chi connectivity index (χ0n) is 8.01. The third-order valence-electron chi connectivity index (χ3n) is 1.67. The minimum Gasteiger partial charge on any atom is -0.345 e. The Morgan fingerprint density at radius 2 is 2.13 bits per heavy atom. The number of hydrogen-bond acceptors (Lipinski definition) is 2. The molecule has 1 amide bonds. The molecule has 0 saturated carbocycles. The quantitative estimate of drug-likeness (QED) is 0.929. The molecule has 5 heteroatoms. The Labute approximate surface area is 101 Å². The summed E-state index contributed by atoms with van der Waals surface area (Å²) >= 11 is 8.99. The number of halogens is 2. The van der Waals surface area contributed by atoms with Gasteiger partial charge in [0, 0.05) is 9.50 Å². The minimum atomic E-state index is -0.320. The van der Waals surface area contributed by atoms with Gasteiger partial charge in [0.2, 0.25) is 0 Å². The van der Waals surface area contributed by atoms with Gasteiger partial charge in [-0.15, -0.1) is 0 Å². The number of ketones is 1. The standard InChI is InChI=1S/C10H9BrClNO2/c1-6(14)5-13-10(15)8-4-7(12)2-3-9(8)11/h2-4H,5H2,1H3,(H,13,15). The van der Waals surface area contributed by atoms with Crippen molar-refractivity contribution in [2.75, 3.05) is 6.54 Å². The highest BCUT2D eigenvalue weighted by molar-refractivity contribution is 9.10. The summed E-state index contributed by atoms with van der Waals surface area (Å²) in [6, 6.07) is 4.90. The molecule has 3 nitrogen and oxygen atoms in total. The Hall–Kier alpha value is -0.870. The zero-order valence-corrected chi connectivity index (χ0v) is 10.4. The van der Waals surface area contributed by atoms with Crippen LogP contribution in [-0.4, -0.2) is 18.2 Å². The molecule has 0 unspecified atom stereocenters. The number of hydrogen-bond donors (Lipinski definition) is 1. The summed E-state index contributed by atoms with van der Waals surface area (Å²) in [6.45, 7) is 1.44. The molecule has 0 aliphatic heterocycles. The fourth-order valence-corrected chi connectivity index (χ4v) is 1.57. The van der Waals surface area contributed by atoms with Gasteiger partial charge < -0.3 is 5.32 Å². The molecule has 0 bridgehead atoms. The second-order valence-electron chi connectivity index (χ2n) is 3.01. The van der Waals surface area contributed by atoms with Crippen LogP contribution in [0.15, 0.2) is 22.7 Å². The number of Topliss-reactive ketones (excluding diaryl/α,β-unsaturated/α-hetero) is 1. The van der Waals surface area contributed by atoms with Crippen LogP contribution in [-0.2, 0) is 4.79 Å². The third-order valence-corrected chi connectivity index (χ3v) is 2.60. The van der Waals surface area contributed by atoms with E-state index in [1.807, 2.05) is 0 Å². The van der Waals surface area contributed by atoms with Crippen molar-refractivity contribution in [1.82, 2.24) is 5.32 Å². The van der Waals surface area contributed by atoms with Gasteiger partial charge in [-0.25, -0.2) is 0 Å². The van der Waals surface area contributed by atoms with Crippen LogP contribution >= 0.6 is 27.5 Å². The first-order valence-electron chi connectivity index (χ1n) is 4.23. The van der Waals surface area contributed by atoms with Crippen molar-refractivity contribution in [3.8, 4) is 0 Å². The van der Waals surface area contributed by atoms with Gasteiger partial charge in [0.1, 0.15) is 5.78 Å². The predicted octanol–water partition coefficient (Wildman–Crippen LogP) is 2.42. The largest absolute Gasteiger partial charge is 0.345 e. The topological polar surface area (TPSA) is 46.2 Å². The van der Waals surface area contributed by atoms with Gasteiger partial charge in [0.15, 0.2) is 0 Å². The van der Waals surface area contributed by atoms with Gasteiger partial charge in [-0.05, 0) is 41.1 Å². The highest BCUT2D eigenvalue weighted by Gasteiger charge is 2.10. The predicted molar refractivity (Wildman–Crippen MR) is 62.2 cm³/mol. The van der Waals surface area contributed by atoms with Crippen molar-refractivity contribution in [3.05, 3.63) is 33.3 Å². The molecule has 0 aliphatic rings. The molecule has 1 aromatic carbocycles. The van der Waals surface area contributed by atoms with Gasteiger partial charge in [0.05, 0.1) is 12.1 Å². The fraction of sp³-hybridized carbons (Fsp3) is 0.200. The molecule has 0 saturated heterocycles. The molecule has 1 aromatic rings. The highest BCUT2D eigenvalue weighted by atomic mass is 79.9. The summed E-state index contributed by atoms with van der Waals surface area (Å²) in [6.07, 6.45) is 0. The molecular weight excluding hydrogens is 281 g/mol. The van der Waals surface area contributed by atoms with E-state index >= 15 is 0 Å². The van der Waals surface area contributed by atoms with Crippen LogP contribution in [0.5, 0.6) is 0 Å². The van der Waals surface area contributed by atoms with Crippen LogP contribution in [0, 0.1) is 0 Å². The maximum atomic E-state index is 11.6. The summed E-state index contributed by atoms with van der Waals surface area (Å²) in [5.41, 5.74) is 0.420. The second-order valence-corrected chi connectivity index (χ2v) is 4.30. The van der Waals surface area contributed by atoms with Gasteiger partial charge in [-0.2, -0.15) is 0 Å². The third kappa shape index (κ3) is 3.64. The Morgan fingerprint density at radius 1 is 1.47 bits per heavy atom. The maximum absolute atomic E-state index is 11.6. The van der Waals surface area contributed by atoms with Gasteiger partial charge in [0.25, 0.3) is 5.91 Å². The molecule has 0 aromatic heterocycles. The van der Waals surface area contributed by atoms with Crippen molar-refractivity contribution in [2.24, 2.45) is 0 Å². The Morgan fingerprint density at radius 3 is 2.73 bits per heavy atom. The first kappa shape index (κ1) is 12.2. The van der Waals surface area contributed by atoms with Crippen LogP contribution in [0.2, 0.25) is 5.02 Å². The minimum absolute atomic E-state index is 0.0256. The first-order valence-corrected chi connectivity index (χ1v) is 5.40. The van der Waals surface area contributed by atoms with E-state index < -0.39 is 0 Å². The average Bonchev–Trinajstić information content (AvgIpc) is 2.18. The van der Waals surface area contributed by atoms with E-state index in [2.05, 4.69) is 21.2 Å². The molecule has 0 radical (unpaired) electrons. The summed E-state index contributed by atoms with van der Waals surface area (Å²) in [4.78, 5) is 22.2. The normalized spacial score (nSPS) is 9.80. The monoisotopic (exact) mass is 289 g/mol. The number of carbonyl (C=O) groups excluding carboxylic acids is 2. The van der Waals surface area contributed by atoms with Crippen molar-refractivity contribution in [2.45, 2.75) is 6.92 Å². The van der Waals surface area contributed by atoms with Crippen LogP contribution in [0.25, 0.3) is 0 Å². The van der Waals surface area contributed by atoms with Gasteiger partial charge in [-0.3, -0.25) is 9.59 Å². The molecule has 1 N–H and O–H groups in total. The molecule has 15 heavy (non-hydrogen) atoms. The van der Waals surface area contributed by atoms with Gasteiger partial charge >= 0.3 is 0 Å². The van der Waals surface area contributed by atoms with E-state index in [0.29, 0.717) is 15.1 Å². The van der Waals surface area contributed by atoms with Crippen molar-refractivity contribution >= 4 is 39.2 Å². The lowest BCUT2D eigenvalue weighted by molar-refractivity contribution is -0.116. The molecule has 0 spiro atoms. The molecule has 0 fully saturated rings. The summed E-state index contributed by atoms with van der Waals surface area (Å²) < 4.78 is 0.646. The fourth-order valence-electron chi connectivity index (χ4n) is 0.971. The van der Waals surface area contributed by atoms with E-state index in [9.17, 15) is 9.59 Å². The lowest BCUT2D eigenvalue weighted by Gasteiger charge is -2.05. The molecule has 80 valence electrons. The lowest BCUT2D eigenvalue weighted by Crippen LogP contribution is -2.28. The van der Waals surface area contributed by atoms with E-state index in [1.165, 1.54) is 6.92 Å². The number of carbonyl (C=O) groups is 2. The molecular formula is C10H9BrClNO2. The number of amides is 1. The number of nitrogens with one attached hydrogen (secondary N) is 1. The van der Waals surface area contributed by atoms with Crippen molar-refractivity contribution in [3.63, 3.8) is 0 Å². The average molecular weight is 291 g/mol. The maximum Gasteiger partial charge on any atom is 0.252 e. The number of benzene rings is 1. The summed E-state index contributed by atoms with van der Waals surface area (Å²) in [7, 11) is 0. The summed E-state index contributed by atoms with van der Waals surface area (Å²) in [5, 5.41) is 2.97. The Kier molecular flexibility index (Phi) is 4.29. The van der Waals surface area contributed by atoms with Crippen LogP contribution in [0.3, 0.4) is 0 Å². The summed E-state index contributed by atoms with van der Waals surface area (Å²) in [5.74, 6) is -0.416. The SMILES string of the molecule is CC(=O)CNC(=O)c1cc(Cl)ccc1Br. The highest BCUT2D eigenvalue weighted by Crippen LogP contribution is 2.20. The van der Waals surface area contributed by atoms with Crippen LogP contribution in [0.1, 0.15) is 17.3 Å². The van der Waals surface area contributed by atoms with Crippen LogP contribution in [0.4, 0.5) is 0 Å². The molecule has 1 rings (SSSR count). The zero-order chi connectivity index (χ0) is 11.4. The Bertz CT molecular complexity index is 406.